The van der Waals surface area contributed by atoms with Gasteiger partial charge in [0.25, 0.3) is 0 Å². The number of ether oxygens (including phenoxy) is 3. The highest BCUT2D eigenvalue weighted by Gasteiger charge is 2.17. The van der Waals surface area contributed by atoms with Crippen molar-refractivity contribution < 1.29 is 27.4 Å². The van der Waals surface area contributed by atoms with Crippen LogP contribution in [0, 0.1) is 17.5 Å². The molecule has 0 aromatic heterocycles. The molecular formula is C52H42ClF3O3S. The summed E-state index contributed by atoms with van der Waals surface area (Å²) in [5.41, 5.74) is 10.4. The number of halogens is 4. The second kappa shape index (κ2) is 21.1. The lowest BCUT2D eigenvalue weighted by molar-refractivity contribution is 0.324. The molecular weight excluding hydrogens is 797 g/mol. The Morgan fingerprint density at radius 3 is 1.97 bits per heavy atom. The molecule has 302 valence electrons. The van der Waals surface area contributed by atoms with Gasteiger partial charge in [-0.15, -0.1) is 17.5 Å². The van der Waals surface area contributed by atoms with Crippen molar-refractivity contribution in [2.45, 2.75) is 11.3 Å². The molecule has 0 heterocycles. The van der Waals surface area contributed by atoms with E-state index in [0.717, 1.165) is 32.7 Å². The average Bonchev–Trinajstić information content (AvgIpc) is 3.27. The average molecular weight is 839 g/mol. The van der Waals surface area contributed by atoms with E-state index in [9.17, 15) is 8.78 Å². The number of benzene rings is 6. The molecule has 0 amide bonds. The van der Waals surface area contributed by atoms with Gasteiger partial charge in [0.05, 0.1) is 26.4 Å². The van der Waals surface area contributed by atoms with Crippen LogP contribution in [0.25, 0.3) is 48.1 Å². The van der Waals surface area contributed by atoms with Crippen LogP contribution in [0.3, 0.4) is 0 Å². The largest absolute Gasteiger partial charge is 0.493 e. The first-order valence-corrected chi connectivity index (χ1v) is 20.5. The molecule has 6 rings (SSSR count). The van der Waals surface area contributed by atoms with E-state index in [4.69, 9.17) is 25.8 Å². The summed E-state index contributed by atoms with van der Waals surface area (Å²) in [5.74, 6) is 0.389. The van der Waals surface area contributed by atoms with Crippen LogP contribution in [0.5, 0.6) is 17.2 Å². The van der Waals surface area contributed by atoms with Crippen molar-refractivity contribution >= 4 is 71.5 Å². The standard InChI is InChI=1S/C52H42ClF3O3S/c1-57-49-32-38(33-50(58-2)52(49)59-3)16-23-41-34-47(39(22-15-37-10-8-13-43(55)31-37)12-7-9-35-17-25-42(54)26-18-35)51(53)46(30-24-40-11-5-6-14-48(40)56)45(41)29-21-36-19-27-44(60-4)28-20-36/h5-8,10-11,13-34H,9H2,1-4H3/b22-15+,23-16+,29-21+,30-24+. The van der Waals surface area contributed by atoms with E-state index >= 15 is 4.39 Å². The van der Waals surface area contributed by atoms with E-state index in [-0.39, 0.29) is 17.5 Å². The molecule has 0 bridgehead atoms. The van der Waals surface area contributed by atoms with Crippen LogP contribution in [0.2, 0.25) is 5.02 Å². The van der Waals surface area contributed by atoms with Crippen molar-refractivity contribution in [2.24, 2.45) is 0 Å². The fourth-order valence-electron chi connectivity index (χ4n) is 6.36. The van der Waals surface area contributed by atoms with E-state index in [1.807, 2.05) is 79.1 Å². The lowest BCUT2D eigenvalue weighted by atomic mass is 9.91. The minimum atomic E-state index is -0.378. The zero-order chi connectivity index (χ0) is 42.4. The third-order valence-corrected chi connectivity index (χ3v) is 10.7. The van der Waals surface area contributed by atoms with Gasteiger partial charge in [0.1, 0.15) is 17.5 Å². The van der Waals surface area contributed by atoms with Crippen molar-refractivity contribution in [1.82, 2.24) is 0 Å². The van der Waals surface area contributed by atoms with Gasteiger partial charge < -0.3 is 14.2 Å². The molecule has 3 nitrogen and oxygen atoms in total. The van der Waals surface area contributed by atoms with Crippen molar-refractivity contribution in [1.29, 1.82) is 0 Å². The fourth-order valence-corrected chi connectivity index (χ4v) is 7.09. The smallest absolute Gasteiger partial charge is 0.203 e. The molecule has 0 atom stereocenters. The minimum absolute atomic E-state index is 0.321. The molecule has 0 radical (unpaired) electrons. The van der Waals surface area contributed by atoms with Crippen molar-refractivity contribution in [3.05, 3.63) is 206 Å². The summed E-state index contributed by atoms with van der Waals surface area (Å²) in [5, 5.41) is 0.381. The number of thioether (sulfide) groups is 1. The molecule has 0 aliphatic carbocycles. The maximum absolute atomic E-state index is 15.1. The van der Waals surface area contributed by atoms with Crippen LogP contribution < -0.4 is 14.2 Å². The van der Waals surface area contributed by atoms with E-state index in [1.54, 1.807) is 87.7 Å². The van der Waals surface area contributed by atoms with Crippen molar-refractivity contribution in [2.75, 3.05) is 27.6 Å². The maximum atomic E-state index is 15.1. The first-order chi connectivity index (χ1) is 29.2. The Bertz CT molecular complexity index is 2610. The van der Waals surface area contributed by atoms with Crippen LogP contribution in [-0.2, 0) is 6.42 Å². The van der Waals surface area contributed by atoms with Crippen molar-refractivity contribution in [3.63, 3.8) is 0 Å². The number of rotatable bonds is 15. The van der Waals surface area contributed by atoms with Crippen molar-refractivity contribution in [3.8, 4) is 17.2 Å². The van der Waals surface area contributed by atoms with E-state index in [1.165, 1.54) is 30.3 Å². The quantitative estimate of drug-likeness (QED) is 0.0446. The molecule has 60 heavy (non-hydrogen) atoms. The summed E-state index contributed by atoms with van der Waals surface area (Å²) in [6.45, 7) is 0. The van der Waals surface area contributed by atoms with Crippen LogP contribution in [0.1, 0.15) is 50.1 Å². The molecule has 8 heteroatoms. The maximum Gasteiger partial charge on any atom is 0.203 e. The highest BCUT2D eigenvalue weighted by molar-refractivity contribution is 7.98. The van der Waals surface area contributed by atoms with E-state index in [0.29, 0.717) is 56.5 Å². The number of allylic oxidation sites excluding steroid dienone is 2. The molecule has 0 aliphatic heterocycles. The molecule has 0 N–H and O–H groups in total. The Morgan fingerprint density at radius 2 is 1.30 bits per heavy atom. The molecule has 6 aromatic carbocycles. The highest BCUT2D eigenvalue weighted by atomic mass is 35.5. The summed E-state index contributed by atoms with van der Waals surface area (Å²) in [6, 6.07) is 32.9. The number of hydrogen-bond acceptors (Lipinski definition) is 4. The second-order valence-corrected chi connectivity index (χ2v) is 14.6. The normalized spacial score (nSPS) is 11.5. The monoisotopic (exact) mass is 838 g/mol. The third kappa shape index (κ3) is 11.2. The third-order valence-electron chi connectivity index (χ3n) is 9.50. The predicted molar refractivity (Wildman–Crippen MR) is 246 cm³/mol. The van der Waals surface area contributed by atoms with Gasteiger partial charge in [-0.2, -0.15) is 0 Å². The Labute approximate surface area is 359 Å². The van der Waals surface area contributed by atoms with Crippen LogP contribution >= 0.6 is 23.4 Å². The zero-order valence-electron chi connectivity index (χ0n) is 33.5. The number of methoxy groups -OCH3 is 3. The lowest BCUT2D eigenvalue weighted by Gasteiger charge is -2.16. The van der Waals surface area contributed by atoms with Gasteiger partial charge in [-0.25, -0.2) is 13.2 Å². The Balaban J connectivity index is 1.62. The number of hydrogen-bond donors (Lipinski definition) is 0. The van der Waals surface area contributed by atoms with Crippen LogP contribution in [0.4, 0.5) is 13.2 Å². The van der Waals surface area contributed by atoms with E-state index < -0.39 is 0 Å². The first kappa shape index (κ1) is 43.2. The summed E-state index contributed by atoms with van der Waals surface area (Å²) >= 11 is 9.16. The van der Waals surface area contributed by atoms with Gasteiger partial charge in [-0.05, 0) is 119 Å². The van der Waals surface area contributed by atoms with Gasteiger partial charge in [0.15, 0.2) is 11.5 Å². The summed E-state index contributed by atoms with van der Waals surface area (Å²) in [4.78, 5) is 1.14. The highest BCUT2D eigenvalue weighted by Crippen LogP contribution is 2.40. The van der Waals surface area contributed by atoms with Gasteiger partial charge in [0, 0.05) is 27.2 Å². The summed E-state index contributed by atoms with van der Waals surface area (Å²) in [6.07, 6.45) is 19.4. The Kier molecular flexibility index (Phi) is 15.2. The molecule has 6 aromatic rings. The van der Waals surface area contributed by atoms with Crippen LogP contribution in [-0.4, -0.2) is 27.6 Å². The minimum Gasteiger partial charge on any atom is -0.493 e. The zero-order valence-corrected chi connectivity index (χ0v) is 35.1. The summed E-state index contributed by atoms with van der Waals surface area (Å²) in [7, 11) is 4.68. The molecule has 0 unspecified atom stereocenters. The molecule has 0 fully saturated rings. The van der Waals surface area contributed by atoms with Gasteiger partial charge >= 0.3 is 0 Å². The Morgan fingerprint density at radius 1 is 0.617 bits per heavy atom. The molecule has 0 aliphatic rings. The molecule has 0 spiro atoms. The summed E-state index contributed by atoms with van der Waals surface area (Å²) < 4.78 is 60.0. The van der Waals surface area contributed by atoms with E-state index in [2.05, 4.69) is 17.9 Å². The van der Waals surface area contributed by atoms with Crippen LogP contribution in [0.15, 0.2) is 138 Å². The van der Waals surface area contributed by atoms with Gasteiger partial charge in [-0.3, -0.25) is 0 Å². The topological polar surface area (TPSA) is 27.7 Å². The van der Waals surface area contributed by atoms with Gasteiger partial charge in [-0.1, -0.05) is 109 Å². The molecule has 0 saturated heterocycles. The SMILES string of the molecule is COc1cc(/C=C/c2cc(C(=C=CCc3ccc(F)cc3)/C=C/c3cccc(F)c3)c(Cl)c(/C=C/c3ccccc3F)c2/C=C/c2ccc(SC)cc2)cc(OC)c1OC. The first-order valence-electron chi connectivity index (χ1n) is 18.9. The predicted octanol–water partition coefficient (Wildman–Crippen LogP) is 14.5. The fraction of sp³-hybridized carbons (Fsp3) is 0.0962. The Hall–Kier alpha value is -6.37. The lowest BCUT2D eigenvalue weighted by Crippen LogP contribution is -1.96. The second-order valence-electron chi connectivity index (χ2n) is 13.4. The molecule has 0 saturated carbocycles. The van der Waals surface area contributed by atoms with Gasteiger partial charge in [0.2, 0.25) is 5.75 Å².